The van der Waals surface area contributed by atoms with E-state index in [-0.39, 0.29) is 38.4 Å². The molecule has 3 rings (SSSR count). The van der Waals surface area contributed by atoms with Gasteiger partial charge in [-0.05, 0) is 18.2 Å². The normalized spacial score (nSPS) is 12.7. The van der Waals surface area contributed by atoms with Crippen LogP contribution in [0.4, 0.5) is 13.2 Å². The molecule has 0 saturated carbocycles. The van der Waals surface area contributed by atoms with Crippen molar-refractivity contribution in [3.63, 3.8) is 0 Å². The van der Waals surface area contributed by atoms with Crippen molar-refractivity contribution in [2.24, 2.45) is 14.1 Å². The molecule has 0 unspecified atom stereocenters. The SMILES string of the molecule is CCS(=O)(=O)c1ccc(Cl)nc1-c1nc2cc(C(F)(F)F)n(C)c(=O)c2n1C. The molecule has 0 aliphatic rings. The van der Waals surface area contributed by atoms with E-state index in [1.54, 1.807) is 0 Å². The van der Waals surface area contributed by atoms with Gasteiger partial charge in [0.05, 0.1) is 16.2 Å². The standard InChI is InChI=1S/C16H14ClF3N4O3S/c1-4-28(26,27)9-5-6-11(17)22-12(9)14-21-8-7-10(16(18,19)20)23(2)15(25)13(8)24(14)3/h5-7H,4H2,1-3H3. The van der Waals surface area contributed by atoms with Crippen molar-refractivity contribution in [1.82, 2.24) is 19.1 Å². The number of aromatic nitrogens is 4. The average molecular weight is 435 g/mol. The van der Waals surface area contributed by atoms with Crippen LogP contribution < -0.4 is 5.56 Å². The maximum absolute atomic E-state index is 13.2. The van der Waals surface area contributed by atoms with E-state index < -0.39 is 27.3 Å². The highest BCUT2D eigenvalue weighted by atomic mass is 35.5. The van der Waals surface area contributed by atoms with Gasteiger partial charge in [0.2, 0.25) is 0 Å². The van der Waals surface area contributed by atoms with Gasteiger partial charge in [0.15, 0.2) is 15.7 Å². The zero-order valence-corrected chi connectivity index (χ0v) is 16.4. The van der Waals surface area contributed by atoms with Crippen molar-refractivity contribution < 1.29 is 21.6 Å². The first-order valence-corrected chi connectivity index (χ1v) is 9.94. The molecule has 0 amide bonds. The van der Waals surface area contributed by atoms with Crippen LogP contribution in [-0.4, -0.2) is 33.3 Å². The van der Waals surface area contributed by atoms with Gasteiger partial charge in [-0.15, -0.1) is 0 Å². The zero-order valence-electron chi connectivity index (χ0n) is 14.9. The number of alkyl halides is 3. The molecule has 0 atom stereocenters. The molecule has 0 bridgehead atoms. The van der Waals surface area contributed by atoms with Gasteiger partial charge in [-0.1, -0.05) is 18.5 Å². The Bertz CT molecular complexity index is 1260. The van der Waals surface area contributed by atoms with Gasteiger partial charge in [0.1, 0.15) is 22.1 Å². The molecular weight excluding hydrogens is 421 g/mol. The monoisotopic (exact) mass is 434 g/mol. The molecule has 3 aromatic rings. The Balaban J connectivity index is 2.42. The molecule has 0 aromatic carbocycles. The van der Waals surface area contributed by atoms with Gasteiger partial charge < -0.3 is 9.13 Å². The molecule has 3 aromatic heterocycles. The highest BCUT2D eigenvalue weighted by molar-refractivity contribution is 7.91. The van der Waals surface area contributed by atoms with Crippen LogP contribution in [0, 0.1) is 0 Å². The van der Waals surface area contributed by atoms with E-state index in [9.17, 15) is 26.4 Å². The molecular formula is C16H14ClF3N4O3S. The summed E-state index contributed by atoms with van der Waals surface area (Å²) in [4.78, 5) is 20.4. The smallest absolute Gasteiger partial charge is 0.321 e. The number of rotatable bonds is 3. The summed E-state index contributed by atoms with van der Waals surface area (Å²) in [7, 11) is -1.34. The second kappa shape index (κ2) is 6.59. The first-order chi connectivity index (χ1) is 12.9. The van der Waals surface area contributed by atoms with E-state index in [2.05, 4.69) is 9.97 Å². The Kier molecular flexibility index (Phi) is 4.79. The summed E-state index contributed by atoms with van der Waals surface area (Å²) in [6.07, 6.45) is -4.76. The Morgan fingerprint density at radius 1 is 1.14 bits per heavy atom. The van der Waals surface area contributed by atoms with Gasteiger partial charge in [-0.2, -0.15) is 13.2 Å². The number of halogens is 4. The quantitative estimate of drug-likeness (QED) is 0.591. The zero-order chi connectivity index (χ0) is 21.0. The molecule has 0 saturated heterocycles. The van der Waals surface area contributed by atoms with Gasteiger partial charge >= 0.3 is 6.18 Å². The van der Waals surface area contributed by atoms with Gasteiger partial charge in [0, 0.05) is 14.1 Å². The lowest BCUT2D eigenvalue weighted by atomic mass is 10.3. The number of pyridine rings is 2. The molecule has 0 N–H and O–H groups in total. The number of nitrogens with zero attached hydrogens (tertiary/aromatic N) is 4. The number of aryl methyl sites for hydroxylation is 1. The Hall–Kier alpha value is -2.40. The predicted octanol–water partition coefficient (Wildman–Crippen LogP) is 2.80. The maximum atomic E-state index is 13.2. The minimum Gasteiger partial charge on any atom is -0.321 e. The summed E-state index contributed by atoms with van der Waals surface area (Å²) in [5.41, 5.74) is -2.58. The lowest BCUT2D eigenvalue weighted by Crippen LogP contribution is -2.26. The van der Waals surface area contributed by atoms with Crippen molar-refractivity contribution in [2.45, 2.75) is 18.0 Å². The molecule has 0 aliphatic heterocycles. The Morgan fingerprint density at radius 2 is 1.79 bits per heavy atom. The van der Waals surface area contributed by atoms with E-state index in [0.717, 1.165) is 13.1 Å². The van der Waals surface area contributed by atoms with Crippen LogP contribution in [0.2, 0.25) is 5.15 Å². The van der Waals surface area contributed by atoms with Crippen LogP contribution in [0.25, 0.3) is 22.6 Å². The lowest BCUT2D eigenvalue weighted by molar-refractivity contribution is -0.143. The van der Waals surface area contributed by atoms with Crippen LogP contribution in [0.3, 0.4) is 0 Å². The van der Waals surface area contributed by atoms with Crippen molar-refractivity contribution in [3.8, 4) is 11.5 Å². The van der Waals surface area contributed by atoms with Crippen LogP contribution in [-0.2, 0) is 30.1 Å². The predicted molar refractivity (Wildman–Crippen MR) is 96.9 cm³/mol. The summed E-state index contributed by atoms with van der Waals surface area (Å²) < 4.78 is 66.1. The number of imidazole rings is 1. The van der Waals surface area contributed by atoms with E-state index in [1.165, 1.54) is 30.7 Å². The fraction of sp³-hybridized carbons (Fsp3) is 0.312. The molecule has 7 nitrogen and oxygen atoms in total. The van der Waals surface area contributed by atoms with E-state index in [4.69, 9.17) is 11.6 Å². The third-order valence-electron chi connectivity index (χ3n) is 4.31. The molecule has 12 heteroatoms. The van der Waals surface area contributed by atoms with Gasteiger partial charge in [0.25, 0.3) is 5.56 Å². The minimum absolute atomic E-state index is 0.0269. The van der Waals surface area contributed by atoms with Gasteiger partial charge in [-0.25, -0.2) is 18.4 Å². The molecule has 0 radical (unpaired) electrons. The molecule has 150 valence electrons. The second-order valence-electron chi connectivity index (χ2n) is 6.00. The van der Waals surface area contributed by atoms with E-state index >= 15 is 0 Å². The van der Waals surface area contributed by atoms with E-state index in [0.29, 0.717) is 4.57 Å². The number of sulfone groups is 1. The molecule has 28 heavy (non-hydrogen) atoms. The minimum atomic E-state index is -4.76. The maximum Gasteiger partial charge on any atom is 0.431 e. The van der Waals surface area contributed by atoms with Crippen LogP contribution >= 0.6 is 11.6 Å². The first-order valence-electron chi connectivity index (χ1n) is 7.91. The first kappa shape index (κ1) is 20.3. The number of hydrogen-bond donors (Lipinski definition) is 0. The average Bonchev–Trinajstić information content (AvgIpc) is 2.93. The van der Waals surface area contributed by atoms with Crippen molar-refractivity contribution in [2.75, 3.05) is 5.75 Å². The summed E-state index contributed by atoms with van der Waals surface area (Å²) in [5.74, 6) is -0.311. The molecule has 3 heterocycles. The third kappa shape index (κ3) is 3.18. The number of hydrogen-bond acceptors (Lipinski definition) is 5. The highest BCUT2D eigenvalue weighted by Crippen LogP contribution is 2.32. The summed E-state index contributed by atoms with van der Waals surface area (Å²) in [5, 5.41) is -0.0269. The largest absolute Gasteiger partial charge is 0.431 e. The fourth-order valence-electron chi connectivity index (χ4n) is 2.84. The second-order valence-corrected chi connectivity index (χ2v) is 8.64. The summed E-state index contributed by atoms with van der Waals surface area (Å²) in [6.45, 7) is 1.44. The molecule has 0 aliphatic carbocycles. The summed E-state index contributed by atoms with van der Waals surface area (Å²) in [6, 6.07) is 3.28. The highest BCUT2D eigenvalue weighted by Gasteiger charge is 2.35. The lowest BCUT2D eigenvalue weighted by Gasteiger charge is -2.11. The fourth-order valence-corrected chi connectivity index (χ4v) is 4.01. The Labute approximate surface area is 162 Å². The molecule has 0 spiro atoms. The van der Waals surface area contributed by atoms with Crippen LogP contribution in [0.15, 0.2) is 27.9 Å². The van der Waals surface area contributed by atoms with Crippen molar-refractivity contribution >= 4 is 32.5 Å². The van der Waals surface area contributed by atoms with E-state index in [1.807, 2.05) is 0 Å². The Morgan fingerprint density at radius 3 is 2.36 bits per heavy atom. The summed E-state index contributed by atoms with van der Waals surface area (Å²) >= 11 is 5.90. The topological polar surface area (TPSA) is 86.8 Å². The van der Waals surface area contributed by atoms with Crippen molar-refractivity contribution in [1.29, 1.82) is 0 Å². The van der Waals surface area contributed by atoms with Crippen LogP contribution in [0.1, 0.15) is 12.6 Å². The molecule has 0 fully saturated rings. The van der Waals surface area contributed by atoms with Crippen LogP contribution in [0.5, 0.6) is 0 Å². The van der Waals surface area contributed by atoms with Gasteiger partial charge in [-0.3, -0.25) is 4.79 Å². The number of fused-ring (bicyclic) bond motifs is 1. The van der Waals surface area contributed by atoms with Crippen molar-refractivity contribution in [3.05, 3.63) is 39.4 Å². The third-order valence-corrected chi connectivity index (χ3v) is 6.28.